The first-order valence-electron chi connectivity index (χ1n) is 7.70. The Morgan fingerprint density at radius 3 is 2.65 bits per heavy atom. The molecule has 1 saturated carbocycles. The van der Waals surface area contributed by atoms with Crippen molar-refractivity contribution in [1.29, 1.82) is 0 Å². The van der Waals surface area contributed by atoms with Crippen molar-refractivity contribution in [3.05, 3.63) is 48.0 Å². The molecule has 2 heteroatoms. The molecule has 20 heavy (non-hydrogen) atoms. The number of aliphatic hydroxyl groups is 1. The Kier molecular flexibility index (Phi) is 4.34. The quantitative estimate of drug-likeness (QED) is 0.785. The second kappa shape index (κ2) is 6.38. The molecule has 0 spiro atoms. The highest BCUT2D eigenvalue weighted by Gasteiger charge is 2.16. The Morgan fingerprint density at radius 1 is 1.10 bits per heavy atom. The molecule has 0 bridgehead atoms. The van der Waals surface area contributed by atoms with E-state index in [2.05, 4.69) is 29.6 Å². The van der Waals surface area contributed by atoms with Gasteiger partial charge in [-0.15, -0.1) is 0 Å². The summed E-state index contributed by atoms with van der Waals surface area (Å²) in [7, 11) is 0. The molecule has 2 N–H and O–H groups in total. The molecule has 106 valence electrons. The fraction of sp³-hybridized carbons (Fsp3) is 0.444. The first kappa shape index (κ1) is 13.6. The Morgan fingerprint density at radius 2 is 1.90 bits per heavy atom. The molecule has 0 heterocycles. The zero-order valence-corrected chi connectivity index (χ0v) is 11.9. The molecule has 0 radical (unpaired) electrons. The molecule has 1 atom stereocenters. The van der Waals surface area contributed by atoms with E-state index in [0.29, 0.717) is 6.54 Å². The van der Waals surface area contributed by atoms with Crippen LogP contribution in [0.2, 0.25) is 0 Å². The van der Waals surface area contributed by atoms with E-state index < -0.39 is 6.10 Å². The van der Waals surface area contributed by atoms with Gasteiger partial charge in [-0.2, -0.15) is 0 Å². The van der Waals surface area contributed by atoms with E-state index in [-0.39, 0.29) is 0 Å². The van der Waals surface area contributed by atoms with Crippen molar-refractivity contribution in [3.8, 4) is 0 Å². The summed E-state index contributed by atoms with van der Waals surface area (Å²) in [5.41, 5.74) is 1.000. The second-order valence-corrected chi connectivity index (χ2v) is 5.91. The van der Waals surface area contributed by atoms with E-state index in [1.165, 1.54) is 36.5 Å². The van der Waals surface area contributed by atoms with E-state index >= 15 is 0 Å². The molecular formula is C18H23NO. The summed E-state index contributed by atoms with van der Waals surface area (Å²) in [6.45, 7) is 1.67. The maximum atomic E-state index is 10.3. The average molecular weight is 269 g/mol. The number of hydrogen-bond donors (Lipinski definition) is 2. The maximum absolute atomic E-state index is 10.3. The lowest BCUT2D eigenvalue weighted by atomic mass is 9.83. The van der Waals surface area contributed by atoms with Gasteiger partial charge in [-0.05, 0) is 41.3 Å². The number of fused-ring (bicyclic) bond motifs is 1. The van der Waals surface area contributed by atoms with Crippen LogP contribution < -0.4 is 5.32 Å². The van der Waals surface area contributed by atoms with E-state index in [1.54, 1.807) is 0 Å². The lowest BCUT2D eigenvalue weighted by Gasteiger charge is -2.25. The van der Waals surface area contributed by atoms with Gasteiger partial charge in [0, 0.05) is 6.54 Å². The van der Waals surface area contributed by atoms with Gasteiger partial charge in [-0.25, -0.2) is 0 Å². The Hall–Kier alpha value is -1.38. The van der Waals surface area contributed by atoms with Crippen LogP contribution in [0.5, 0.6) is 0 Å². The number of nitrogens with one attached hydrogen (secondary N) is 1. The fourth-order valence-electron chi connectivity index (χ4n) is 2.86. The van der Waals surface area contributed by atoms with Crippen molar-refractivity contribution in [2.45, 2.75) is 31.8 Å². The van der Waals surface area contributed by atoms with Gasteiger partial charge >= 0.3 is 0 Å². The van der Waals surface area contributed by atoms with E-state index in [4.69, 9.17) is 0 Å². The van der Waals surface area contributed by atoms with Crippen molar-refractivity contribution in [2.75, 3.05) is 13.1 Å². The van der Waals surface area contributed by atoms with Gasteiger partial charge in [0.15, 0.2) is 0 Å². The van der Waals surface area contributed by atoms with Crippen LogP contribution in [0.15, 0.2) is 42.5 Å². The molecule has 2 aromatic carbocycles. The smallest absolute Gasteiger partial charge is 0.0914 e. The highest BCUT2D eigenvalue weighted by atomic mass is 16.3. The molecule has 1 aliphatic rings. The van der Waals surface area contributed by atoms with Crippen LogP contribution in [0.25, 0.3) is 10.8 Å². The predicted octanol–water partition coefficient (Wildman–Crippen LogP) is 3.65. The SMILES string of the molecule is OC(CNCCC1CCC1)c1ccc2ccccc2c1. The van der Waals surface area contributed by atoms with Gasteiger partial charge in [0.2, 0.25) is 0 Å². The van der Waals surface area contributed by atoms with Crippen LogP contribution in [-0.4, -0.2) is 18.2 Å². The summed E-state index contributed by atoms with van der Waals surface area (Å²) < 4.78 is 0. The molecule has 0 aliphatic heterocycles. The molecule has 3 rings (SSSR count). The summed E-state index contributed by atoms with van der Waals surface area (Å²) in [5, 5.41) is 16.1. The van der Waals surface area contributed by atoms with Gasteiger partial charge in [-0.3, -0.25) is 0 Å². The van der Waals surface area contributed by atoms with Crippen LogP contribution in [0.3, 0.4) is 0 Å². The third-order valence-electron chi connectivity index (χ3n) is 4.45. The predicted molar refractivity (Wildman–Crippen MR) is 83.7 cm³/mol. The van der Waals surface area contributed by atoms with Crippen LogP contribution in [0.1, 0.15) is 37.4 Å². The van der Waals surface area contributed by atoms with Gasteiger partial charge in [0.05, 0.1) is 6.10 Å². The standard InChI is InChI=1S/C18H23NO/c20-18(13-19-11-10-14-4-3-5-14)17-9-8-15-6-1-2-7-16(15)12-17/h1-2,6-9,12,14,18-20H,3-5,10-11,13H2. The third kappa shape index (κ3) is 3.20. The van der Waals surface area contributed by atoms with Crippen molar-refractivity contribution >= 4 is 10.8 Å². The Balaban J connectivity index is 1.53. The van der Waals surface area contributed by atoms with Gasteiger partial charge < -0.3 is 10.4 Å². The average Bonchev–Trinajstić information content (AvgIpc) is 2.44. The summed E-state index contributed by atoms with van der Waals surface area (Å²) in [6.07, 6.45) is 5.04. The minimum atomic E-state index is -0.416. The minimum absolute atomic E-state index is 0.416. The zero-order chi connectivity index (χ0) is 13.8. The molecule has 0 aromatic heterocycles. The lowest BCUT2D eigenvalue weighted by Crippen LogP contribution is -2.25. The van der Waals surface area contributed by atoms with E-state index in [0.717, 1.165) is 18.0 Å². The van der Waals surface area contributed by atoms with Crippen molar-refractivity contribution in [3.63, 3.8) is 0 Å². The summed E-state index contributed by atoms with van der Waals surface area (Å²) in [5.74, 6) is 0.931. The van der Waals surface area contributed by atoms with Gasteiger partial charge in [0.1, 0.15) is 0 Å². The topological polar surface area (TPSA) is 32.3 Å². The zero-order valence-electron chi connectivity index (χ0n) is 11.9. The first-order chi connectivity index (χ1) is 9.83. The number of benzene rings is 2. The molecule has 1 fully saturated rings. The molecule has 0 saturated heterocycles. The summed E-state index contributed by atoms with van der Waals surface area (Å²) in [6, 6.07) is 14.5. The highest BCUT2D eigenvalue weighted by Crippen LogP contribution is 2.28. The third-order valence-corrected chi connectivity index (χ3v) is 4.45. The summed E-state index contributed by atoms with van der Waals surface area (Å²) >= 11 is 0. The van der Waals surface area contributed by atoms with Gasteiger partial charge in [0.25, 0.3) is 0 Å². The molecule has 1 unspecified atom stereocenters. The Bertz CT molecular complexity index is 562. The number of aliphatic hydroxyl groups excluding tert-OH is 1. The van der Waals surface area contributed by atoms with Crippen molar-refractivity contribution < 1.29 is 5.11 Å². The Labute approximate surface area is 120 Å². The minimum Gasteiger partial charge on any atom is -0.387 e. The van der Waals surface area contributed by atoms with E-state index in [9.17, 15) is 5.11 Å². The first-order valence-corrected chi connectivity index (χ1v) is 7.70. The monoisotopic (exact) mass is 269 g/mol. The van der Waals surface area contributed by atoms with Crippen LogP contribution >= 0.6 is 0 Å². The fourth-order valence-corrected chi connectivity index (χ4v) is 2.86. The number of hydrogen-bond acceptors (Lipinski definition) is 2. The molecule has 1 aliphatic carbocycles. The normalized spacial score (nSPS) is 17.1. The van der Waals surface area contributed by atoms with E-state index in [1.807, 2.05) is 18.2 Å². The molecule has 0 amide bonds. The maximum Gasteiger partial charge on any atom is 0.0914 e. The molecular weight excluding hydrogens is 246 g/mol. The van der Waals surface area contributed by atoms with Crippen LogP contribution in [0, 0.1) is 5.92 Å². The molecule has 2 aromatic rings. The number of rotatable bonds is 6. The van der Waals surface area contributed by atoms with Crippen molar-refractivity contribution in [1.82, 2.24) is 5.32 Å². The molecule has 2 nitrogen and oxygen atoms in total. The lowest BCUT2D eigenvalue weighted by molar-refractivity contribution is 0.172. The van der Waals surface area contributed by atoms with Crippen LogP contribution in [-0.2, 0) is 0 Å². The summed E-state index contributed by atoms with van der Waals surface area (Å²) in [4.78, 5) is 0. The van der Waals surface area contributed by atoms with Crippen LogP contribution in [0.4, 0.5) is 0 Å². The largest absolute Gasteiger partial charge is 0.387 e. The highest BCUT2D eigenvalue weighted by molar-refractivity contribution is 5.83. The van der Waals surface area contributed by atoms with Crippen molar-refractivity contribution in [2.24, 2.45) is 5.92 Å². The second-order valence-electron chi connectivity index (χ2n) is 5.91. The van der Waals surface area contributed by atoms with Gasteiger partial charge in [-0.1, -0.05) is 55.7 Å².